The Morgan fingerprint density at radius 1 is 1.19 bits per heavy atom. The van der Waals surface area contributed by atoms with Gasteiger partial charge < -0.3 is 4.74 Å². The third kappa shape index (κ3) is 4.05. The number of sulfone groups is 1. The summed E-state index contributed by atoms with van der Waals surface area (Å²) in [5.74, 6) is 0.218. The summed E-state index contributed by atoms with van der Waals surface area (Å²) in [7, 11) is -1.70. The first-order valence-corrected chi connectivity index (χ1v) is 10.2. The largest absolute Gasteiger partial charge is 0.492 e. The van der Waals surface area contributed by atoms with E-state index in [1.165, 1.54) is 18.3 Å². The molecular weight excluding hydrogens is 338 g/mol. The van der Waals surface area contributed by atoms with Gasteiger partial charge in [0.05, 0.1) is 11.3 Å². The van der Waals surface area contributed by atoms with Crippen molar-refractivity contribution in [3.63, 3.8) is 0 Å². The summed E-state index contributed by atoms with van der Waals surface area (Å²) in [5, 5.41) is 0.452. The molecule has 0 N–H and O–H groups in total. The first-order chi connectivity index (χ1) is 9.68. The lowest BCUT2D eigenvalue weighted by molar-refractivity contribution is 0.345. The highest BCUT2D eigenvalue weighted by molar-refractivity contribution is 8.14. The minimum atomic E-state index is -3.93. The molecule has 6 nitrogen and oxygen atoms in total. The van der Waals surface area contributed by atoms with Crippen LogP contribution in [0, 0.1) is 0 Å². The van der Waals surface area contributed by atoms with Crippen molar-refractivity contribution < 1.29 is 21.6 Å². The highest BCUT2D eigenvalue weighted by Crippen LogP contribution is 2.31. The highest BCUT2D eigenvalue weighted by atomic mass is 35.7. The molecule has 0 fully saturated rings. The fourth-order valence-electron chi connectivity index (χ4n) is 1.75. The molecule has 0 saturated carbocycles. The topological polar surface area (TPSA) is 90.4 Å². The van der Waals surface area contributed by atoms with E-state index in [4.69, 9.17) is 15.4 Å². The van der Waals surface area contributed by atoms with E-state index < -0.39 is 18.9 Å². The minimum absolute atomic E-state index is 0.0319. The Hall–Kier alpha value is -1.38. The predicted octanol–water partition coefficient (Wildman–Crippen LogP) is 1.59. The number of benzene rings is 1. The highest BCUT2D eigenvalue weighted by Gasteiger charge is 2.17. The van der Waals surface area contributed by atoms with Crippen molar-refractivity contribution in [1.29, 1.82) is 0 Å². The molecule has 0 bridgehead atoms. The van der Waals surface area contributed by atoms with E-state index in [2.05, 4.69) is 4.98 Å². The third-order valence-electron chi connectivity index (χ3n) is 2.67. The third-order valence-corrected chi connectivity index (χ3v) is 4.93. The Morgan fingerprint density at radius 2 is 1.90 bits per heavy atom. The summed E-state index contributed by atoms with van der Waals surface area (Å²) in [4.78, 5) is 3.89. The van der Waals surface area contributed by atoms with Crippen LogP contribution in [0.1, 0.15) is 0 Å². The quantitative estimate of drug-likeness (QED) is 0.761. The number of hydrogen-bond donors (Lipinski definition) is 0. The van der Waals surface area contributed by atoms with E-state index >= 15 is 0 Å². The molecular formula is C12H12ClNO5S2. The van der Waals surface area contributed by atoms with Crippen LogP contribution >= 0.6 is 10.7 Å². The molecule has 1 aromatic heterocycles. The van der Waals surface area contributed by atoms with Crippen molar-refractivity contribution in [2.75, 3.05) is 18.6 Å². The number of halogens is 1. The first-order valence-electron chi connectivity index (χ1n) is 5.81. The van der Waals surface area contributed by atoms with Gasteiger partial charge in [-0.15, -0.1) is 0 Å². The average Bonchev–Trinajstić information content (AvgIpc) is 2.36. The Bertz CT molecular complexity index is 878. The fourth-order valence-corrected chi connectivity index (χ4v) is 3.13. The Morgan fingerprint density at radius 3 is 2.52 bits per heavy atom. The zero-order valence-corrected chi connectivity index (χ0v) is 13.4. The summed E-state index contributed by atoms with van der Waals surface area (Å²) < 4.78 is 50.6. The molecule has 2 aromatic rings. The maximum absolute atomic E-state index is 11.5. The van der Waals surface area contributed by atoms with Crippen LogP contribution in [-0.2, 0) is 18.9 Å². The van der Waals surface area contributed by atoms with Crippen molar-refractivity contribution in [2.24, 2.45) is 0 Å². The van der Waals surface area contributed by atoms with Crippen LogP contribution in [-0.4, -0.2) is 40.4 Å². The smallest absolute Gasteiger partial charge is 0.263 e. The molecule has 0 saturated heterocycles. The first kappa shape index (κ1) is 16.0. The van der Waals surface area contributed by atoms with E-state index in [0.29, 0.717) is 11.1 Å². The molecule has 2 rings (SSSR count). The second-order valence-corrected chi connectivity index (χ2v) is 9.17. The maximum Gasteiger partial charge on any atom is 0.263 e. The normalized spacial score (nSPS) is 12.5. The number of pyridine rings is 1. The van der Waals surface area contributed by atoms with Gasteiger partial charge in [0, 0.05) is 28.5 Å². The number of rotatable bonds is 5. The number of aromatic nitrogens is 1. The van der Waals surface area contributed by atoms with Gasteiger partial charge in [-0.2, -0.15) is 0 Å². The van der Waals surface area contributed by atoms with Crippen molar-refractivity contribution in [1.82, 2.24) is 4.98 Å². The van der Waals surface area contributed by atoms with E-state index in [-0.39, 0.29) is 22.8 Å². The second-order valence-electron chi connectivity index (χ2n) is 4.38. The van der Waals surface area contributed by atoms with Crippen LogP contribution in [0.3, 0.4) is 0 Å². The zero-order chi connectivity index (χ0) is 15.7. The van der Waals surface area contributed by atoms with Gasteiger partial charge in [0.2, 0.25) is 0 Å². The van der Waals surface area contributed by atoms with Crippen molar-refractivity contribution in [2.45, 2.75) is 4.90 Å². The molecule has 0 aliphatic rings. The monoisotopic (exact) mass is 349 g/mol. The molecule has 1 heterocycles. The Labute approximate surface area is 127 Å². The van der Waals surface area contributed by atoms with E-state index in [0.717, 1.165) is 6.26 Å². The SMILES string of the molecule is CS(=O)(=O)CCOc1ccc(S(=O)(=O)Cl)c2ncccc12. The lowest BCUT2D eigenvalue weighted by Gasteiger charge is -2.10. The minimum Gasteiger partial charge on any atom is -0.492 e. The second kappa shape index (κ2) is 5.78. The summed E-state index contributed by atoms with van der Waals surface area (Å²) in [6, 6.07) is 5.97. The molecule has 1 aromatic carbocycles. The molecule has 0 aliphatic heterocycles. The van der Waals surface area contributed by atoms with E-state index in [1.807, 2.05) is 0 Å². The van der Waals surface area contributed by atoms with Crippen LogP contribution in [0.25, 0.3) is 10.9 Å². The van der Waals surface area contributed by atoms with E-state index in [1.54, 1.807) is 12.1 Å². The zero-order valence-electron chi connectivity index (χ0n) is 11.0. The van der Waals surface area contributed by atoms with Crippen LogP contribution in [0.5, 0.6) is 5.75 Å². The number of nitrogens with zero attached hydrogens (tertiary/aromatic N) is 1. The average molecular weight is 350 g/mol. The summed E-state index contributed by atoms with van der Waals surface area (Å²) in [5.41, 5.74) is 0.185. The molecule has 0 unspecified atom stereocenters. The molecule has 0 radical (unpaired) electrons. The van der Waals surface area contributed by atoms with Crippen molar-refractivity contribution in [3.05, 3.63) is 30.5 Å². The van der Waals surface area contributed by atoms with E-state index in [9.17, 15) is 16.8 Å². The standard InChI is InChI=1S/C12H12ClNO5S2/c1-20(15,16)8-7-19-10-4-5-11(21(13,17)18)12-9(10)3-2-6-14-12/h2-6H,7-8H2,1H3. The number of hydrogen-bond acceptors (Lipinski definition) is 6. The van der Waals surface area contributed by atoms with Crippen molar-refractivity contribution in [3.8, 4) is 5.75 Å². The molecule has 0 aliphatic carbocycles. The van der Waals surface area contributed by atoms with Crippen LogP contribution < -0.4 is 4.74 Å². The van der Waals surface area contributed by atoms with Crippen LogP contribution in [0.15, 0.2) is 35.4 Å². The lowest BCUT2D eigenvalue weighted by atomic mass is 10.2. The lowest BCUT2D eigenvalue weighted by Crippen LogP contribution is -2.12. The maximum atomic E-state index is 11.5. The van der Waals surface area contributed by atoms with Crippen LogP contribution in [0.4, 0.5) is 0 Å². The van der Waals surface area contributed by atoms with Crippen LogP contribution in [0.2, 0.25) is 0 Å². The molecule has 9 heteroatoms. The molecule has 0 spiro atoms. The van der Waals surface area contributed by atoms with Gasteiger partial charge in [-0.1, -0.05) is 0 Å². The summed E-state index contributed by atoms with van der Waals surface area (Å²) >= 11 is 0. The summed E-state index contributed by atoms with van der Waals surface area (Å²) in [6.45, 7) is -0.0319. The Kier molecular flexibility index (Phi) is 4.40. The van der Waals surface area contributed by atoms with Gasteiger partial charge >= 0.3 is 0 Å². The van der Waals surface area contributed by atoms with Gasteiger partial charge in [-0.25, -0.2) is 16.8 Å². The van der Waals surface area contributed by atoms with Gasteiger partial charge in [0.15, 0.2) is 9.84 Å². The van der Waals surface area contributed by atoms with Gasteiger partial charge in [-0.05, 0) is 24.3 Å². The summed E-state index contributed by atoms with van der Waals surface area (Å²) in [6.07, 6.45) is 2.55. The number of ether oxygens (including phenoxy) is 1. The molecule has 0 atom stereocenters. The Balaban J connectivity index is 2.44. The predicted molar refractivity (Wildman–Crippen MR) is 80.0 cm³/mol. The fraction of sp³-hybridized carbons (Fsp3) is 0.250. The van der Waals surface area contributed by atoms with Gasteiger partial charge in [0.25, 0.3) is 9.05 Å². The molecule has 21 heavy (non-hydrogen) atoms. The van der Waals surface area contributed by atoms with Gasteiger partial charge in [-0.3, -0.25) is 4.98 Å². The van der Waals surface area contributed by atoms with Crippen molar-refractivity contribution >= 4 is 40.5 Å². The number of fused-ring (bicyclic) bond motifs is 1. The van der Waals surface area contributed by atoms with Gasteiger partial charge in [0.1, 0.15) is 17.3 Å². The molecule has 0 amide bonds. The molecule has 114 valence electrons.